The number of halogens is 1. The summed E-state index contributed by atoms with van der Waals surface area (Å²) in [5.74, 6) is 0.111. The average molecular weight is 283 g/mol. The minimum atomic E-state index is -0.0416. The topological polar surface area (TPSA) is 46.3 Å². The van der Waals surface area contributed by atoms with Crippen LogP contribution in [0.3, 0.4) is 0 Å². The lowest BCUT2D eigenvalue weighted by molar-refractivity contribution is -0.117. The van der Waals surface area contributed by atoms with E-state index >= 15 is 0 Å². The van der Waals surface area contributed by atoms with E-state index in [4.69, 9.17) is 5.73 Å². The van der Waals surface area contributed by atoms with Gasteiger partial charge in [-0.2, -0.15) is 0 Å². The lowest BCUT2D eigenvalue weighted by Gasteiger charge is -2.21. The van der Waals surface area contributed by atoms with Crippen LogP contribution < -0.4 is 10.6 Å². The second kappa shape index (κ2) is 4.18. The Morgan fingerprint density at radius 2 is 2.12 bits per heavy atom. The van der Waals surface area contributed by atoms with Gasteiger partial charge in [0, 0.05) is 23.5 Å². The van der Waals surface area contributed by atoms with Crippen molar-refractivity contribution in [3.05, 3.63) is 27.7 Å². The van der Waals surface area contributed by atoms with E-state index in [9.17, 15) is 4.79 Å². The van der Waals surface area contributed by atoms with Crippen LogP contribution in [0.1, 0.15) is 17.5 Å². The Morgan fingerprint density at radius 1 is 1.44 bits per heavy atom. The molecule has 0 spiro atoms. The molecule has 1 heterocycles. The van der Waals surface area contributed by atoms with E-state index < -0.39 is 0 Å². The minimum Gasteiger partial charge on any atom is -0.326 e. The molecule has 2 rings (SSSR count). The molecular formula is C12H15BrN2O. The van der Waals surface area contributed by atoms with E-state index in [2.05, 4.69) is 22.0 Å². The van der Waals surface area contributed by atoms with Crippen molar-refractivity contribution in [2.75, 3.05) is 11.4 Å². The highest BCUT2D eigenvalue weighted by Crippen LogP contribution is 2.33. The molecule has 0 saturated carbocycles. The first kappa shape index (κ1) is 11.6. The monoisotopic (exact) mass is 282 g/mol. The number of amides is 1. The quantitative estimate of drug-likeness (QED) is 0.858. The minimum absolute atomic E-state index is 0.0416. The van der Waals surface area contributed by atoms with Crippen molar-refractivity contribution in [1.82, 2.24) is 0 Å². The number of nitrogens with zero attached hydrogens (tertiary/aromatic N) is 1. The standard InChI is InChI=1S/C12H15BrN2O/c1-7-3-8(2)12(10(13)4-7)15-6-9(14)5-11(15)16/h3-4,9H,5-6,14H2,1-2H3. The van der Waals surface area contributed by atoms with E-state index in [1.165, 1.54) is 5.56 Å². The van der Waals surface area contributed by atoms with Gasteiger partial charge in [-0.3, -0.25) is 4.79 Å². The summed E-state index contributed by atoms with van der Waals surface area (Å²) in [6, 6.07) is 4.07. The van der Waals surface area contributed by atoms with E-state index in [0.717, 1.165) is 15.7 Å². The first-order valence-electron chi connectivity index (χ1n) is 5.31. The maximum Gasteiger partial charge on any atom is 0.228 e. The number of benzene rings is 1. The van der Waals surface area contributed by atoms with Crippen LogP contribution >= 0.6 is 15.9 Å². The van der Waals surface area contributed by atoms with Crippen molar-refractivity contribution < 1.29 is 4.79 Å². The van der Waals surface area contributed by atoms with Gasteiger partial charge in [0.05, 0.1) is 5.69 Å². The third-order valence-electron chi connectivity index (χ3n) is 2.82. The third kappa shape index (κ3) is 1.99. The molecule has 2 N–H and O–H groups in total. The van der Waals surface area contributed by atoms with Crippen molar-refractivity contribution in [2.45, 2.75) is 26.3 Å². The van der Waals surface area contributed by atoms with Gasteiger partial charge in [-0.15, -0.1) is 0 Å². The molecule has 1 saturated heterocycles. The fourth-order valence-electron chi connectivity index (χ4n) is 2.20. The van der Waals surface area contributed by atoms with Crippen LogP contribution in [0.15, 0.2) is 16.6 Å². The Bertz CT molecular complexity index is 422. The van der Waals surface area contributed by atoms with Crippen LogP contribution in [-0.4, -0.2) is 18.5 Å². The predicted octanol–water partition coefficient (Wildman–Crippen LogP) is 2.13. The maximum absolute atomic E-state index is 11.8. The molecular weight excluding hydrogens is 268 g/mol. The molecule has 0 bridgehead atoms. The second-order valence-corrected chi connectivity index (χ2v) is 5.24. The Morgan fingerprint density at radius 3 is 2.62 bits per heavy atom. The first-order chi connectivity index (χ1) is 7.49. The molecule has 1 aromatic carbocycles. The van der Waals surface area contributed by atoms with Crippen molar-refractivity contribution in [2.24, 2.45) is 5.73 Å². The molecule has 3 nitrogen and oxygen atoms in total. The van der Waals surface area contributed by atoms with Crippen molar-refractivity contribution in [3.8, 4) is 0 Å². The maximum atomic E-state index is 11.8. The Balaban J connectivity index is 2.44. The van der Waals surface area contributed by atoms with Crippen molar-refractivity contribution in [3.63, 3.8) is 0 Å². The molecule has 16 heavy (non-hydrogen) atoms. The zero-order chi connectivity index (χ0) is 11.9. The van der Waals surface area contributed by atoms with E-state index in [0.29, 0.717) is 13.0 Å². The number of anilines is 1. The summed E-state index contributed by atoms with van der Waals surface area (Å²) in [5.41, 5.74) is 9.06. The van der Waals surface area contributed by atoms with Crippen LogP contribution in [0.5, 0.6) is 0 Å². The van der Waals surface area contributed by atoms with Gasteiger partial charge in [0.15, 0.2) is 0 Å². The summed E-state index contributed by atoms with van der Waals surface area (Å²) in [5, 5.41) is 0. The van der Waals surface area contributed by atoms with Crippen LogP contribution in [0.2, 0.25) is 0 Å². The lowest BCUT2D eigenvalue weighted by atomic mass is 10.1. The molecule has 0 radical (unpaired) electrons. The Labute approximate surface area is 104 Å². The first-order valence-corrected chi connectivity index (χ1v) is 6.11. The number of carbonyl (C=O) groups excluding carboxylic acids is 1. The number of rotatable bonds is 1. The van der Waals surface area contributed by atoms with Gasteiger partial charge < -0.3 is 10.6 Å². The van der Waals surface area contributed by atoms with Gasteiger partial charge in [-0.05, 0) is 47.0 Å². The molecule has 1 atom stereocenters. The summed E-state index contributed by atoms with van der Waals surface area (Å²) in [6.07, 6.45) is 0.444. The number of carbonyl (C=O) groups is 1. The molecule has 1 amide bonds. The van der Waals surface area contributed by atoms with Crippen LogP contribution in [-0.2, 0) is 4.79 Å². The summed E-state index contributed by atoms with van der Waals surface area (Å²) >= 11 is 3.52. The average Bonchev–Trinajstić information content (AvgIpc) is 2.43. The van der Waals surface area contributed by atoms with Gasteiger partial charge in [0.1, 0.15) is 0 Å². The number of aryl methyl sites for hydroxylation is 2. The van der Waals surface area contributed by atoms with E-state index in [1.54, 1.807) is 4.90 Å². The van der Waals surface area contributed by atoms with E-state index in [1.807, 2.05) is 19.9 Å². The third-order valence-corrected chi connectivity index (χ3v) is 3.43. The summed E-state index contributed by atoms with van der Waals surface area (Å²) in [7, 11) is 0. The highest BCUT2D eigenvalue weighted by atomic mass is 79.9. The predicted molar refractivity (Wildman–Crippen MR) is 68.6 cm³/mol. The highest BCUT2D eigenvalue weighted by molar-refractivity contribution is 9.10. The van der Waals surface area contributed by atoms with Crippen LogP contribution in [0.4, 0.5) is 5.69 Å². The Kier molecular flexibility index (Phi) is 3.04. The Hall–Kier alpha value is -0.870. The zero-order valence-electron chi connectivity index (χ0n) is 9.46. The van der Waals surface area contributed by atoms with Gasteiger partial charge in [-0.25, -0.2) is 0 Å². The molecule has 86 valence electrons. The fraction of sp³-hybridized carbons (Fsp3) is 0.417. The SMILES string of the molecule is Cc1cc(C)c(N2CC(N)CC2=O)c(Br)c1. The molecule has 1 aliphatic rings. The fourth-order valence-corrected chi connectivity index (χ4v) is 3.09. The van der Waals surface area contributed by atoms with E-state index in [-0.39, 0.29) is 11.9 Å². The van der Waals surface area contributed by atoms with Gasteiger partial charge in [0.2, 0.25) is 5.91 Å². The van der Waals surface area contributed by atoms with Crippen LogP contribution in [0.25, 0.3) is 0 Å². The molecule has 0 aromatic heterocycles. The summed E-state index contributed by atoms with van der Waals surface area (Å²) in [4.78, 5) is 13.6. The smallest absolute Gasteiger partial charge is 0.228 e. The summed E-state index contributed by atoms with van der Waals surface area (Å²) in [6.45, 7) is 4.67. The molecule has 1 fully saturated rings. The number of nitrogens with two attached hydrogens (primary N) is 1. The van der Waals surface area contributed by atoms with Gasteiger partial charge in [-0.1, -0.05) is 6.07 Å². The number of hydrogen-bond donors (Lipinski definition) is 1. The molecule has 1 aromatic rings. The van der Waals surface area contributed by atoms with Gasteiger partial charge in [0.25, 0.3) is 0 Å². The molecule has 1 unspecified atom stereocenters. The zero-order valence-corrected chi connectivity index (χ0v) is 11.0. The lowest BCUT2D eigenvalue weighted by Crippen LogP contribution is -2.28. The second-order valence-electron chi connectivity index (χ2n) is 4.38. The molecule has 4 heteroatoms. The normalized spacial score (nSPS) is 20.6. The summed E-state index contributed by atoms with van der Waals surface area (Å²) < 4.78 is 0.965. The molecule has 1 aliphatic heterocycles. The highest BCUT2D eigenvalue weighted by Gasteiger charge is 2.30. The van der Waals surface area contributed by atoms with Crippen LogP contribution in [0, 0.1) is 13.8 Å². The largest absolute Gasteiger partial charge is 0.326 e. The molecule has 0 aliphatic carbocycles. The number of hydrogen-bond acceptors (Lipinski definition) is 2. The van der Waals surface area contributed by atoms with Gasteiger partial charge >= 0.3 is 0 Å². The van der Waals surface area contributed by atoms with Crippen molar-refractivity contribution >= 4 is 27.5 Å². The van der Waals surface area contributed by atoms with Crippen molar-refractivity contribution in [1.29, 1.82) is 0 Å².